The van der Waals surface area contributed by atoms with Crippen LogP contribution in [0.25, 0.3) is 10.9 Å². The van der Waals surface area contributed by atoms with Gasteiger partial charge in [0.2, 0.25) is 11.8 Å². The van der Waals surface area contributed by atoms with Crippen molar-refractivity contribution in [2.75, 3.05) is 18.4 Å². The summed E-state index contributed by atoms with van der Waals surface area (Å²) in [6.07, 6.45) is 0. The second-order valence-corrected chi connectivity index (χ2v) is 7.80. The lowest BCUT2D eigenvalue weighted by Crippen LogP contribution is -2.47. The Balaban J connectivity index is 1.61. The highest BCUT2D eigenvalue weighted by atomic mass is 16.2. The van der Waals surface area contributed by atoms with Gasteiger partial charge in [-0.1, -0.05) is 37.3 Å². The lowest BCUT2D eigenvalue weighted by Gasteiger charge is -2.26. The predicted octanol–water partition coefficient (Wildman–Crippen LogP) is 2.51. The Morgan fingerprint density at radius 1 is 1.09 bits per heavy atom. The first kappa shape index (κ1) is 23.1. The molecule has 2 aromatic carbocycles. The molecule has 0 radical (unpaired) electrons. The summed E-state index contributed by atoms with van der Waals surface area (Å²) in [6.45, 7) is 8.29. The number of anilines is 1. The molecule has 1 unspecified atom stereocenters. The molecule has 168 valence electrons. The van der Waals surface area contributed by atoms with Crippen molar-refractivity contribution in [3.63, 3.8) is 0 Å². The van der Waals surface area contributed by atoms with Crippen molar-refractivity contribution in [3.05, 3.63) is 69.8 Å². The number of carbonyl (C=O) groups is 2. The highest BCUT2D eigenvalue weighted by Crippen LogP contribution is 2.19. The monoisotopic (exact) mass is 435 g/mol. The van der Waals surface area contributed by atoms with E-state index >= 15 is 0 Å². The van der Waals surface area contributed by atoms with Gasteiger partial charge in [-0.2, -0.15) is 0 Å². The minimum absolute atomic E-state index is 0.125. The minimum atomic E-state index is -0.509. The zero-order chi connectivity index (χ0) is 23.3. The van der Waals surface area contributed by atoms with Gasteiger partial charge in [0.1, 0.15) is 5.82 Å². The zero-order valence-corrected chi connectivity index (χ0v) is 18.9. The molecule has 3 N–H and O–H groups in total. The Bertz CT molecular complexity index is 1170. The van der Waals surface area contributed by atoms with Crippen molar-refractivity contribution < 1.29 is 9.59 Å². The van der Waals surface area contributed by atoms with Crippen LogP contribution in [0.5, 0.6) is 0 Å². The third-order valence-electron chi connectivity index (χ3n) is 5.52. The number of rotatable bonds is 8. The topological polar surface area (TPSA) is 107 Å². The molecule has 1 aromatic heterocycles. The van der Waals surface area contributed by atoms with E-state index < -0.39 is 6.04 Å². The number of para-hydroxylation sites is 2. The molecule has 1 heterocycles. The molecule has 0 bridgehead atoms. The van der Waals surface area contributed by atoms with E-state index in [2.05, 4.69) is 20.6 Å². The third-order valence-corrected chi connectivity index (χ3v) is 5.52. The lowest BCUT2D eigenvalue weighted by molar-refractivity contribution is -0.128. The van der Waals surface area contributed by atoms with Crippen LogP contribution >= 0.6 is 0 Å². The van der Waals surface area contributed by atoms with Crippen molar-refractivity contribution in [2.45, 2.75) is 40.3 Å². The summed E-state index contributed by atoms with van der Waals surface area (Å²) < 4.78 is 0. The molecule has 32 heavy (non-hydrogen) atoms. The second-order valence-electron chi connectivity index (χ2n) is 7.80. The number of aromatic nitrogens is 2. The van der Waals surface area contributed by atoms with E-state index in [0.29, 0.717) is 29.8 Å². The van der Waals surface area contributed by atoms with Gasteiger partial charge in [0.05, 0.1) is 30.0 Å². The van der Waals surface area contributed by atoms with Gasteiger partial charge < -0.3 is 15.6 Å². The van der Waals surface area contributed by atoms with Gasteiger partial charge >= 0.3 is 0 Å². The highest BCUT2D eigenvalue weighted by molar-refractivity contribution is 5.96. The molecular weight excluding hydrogens is 406 g/mol. The van der Waals surface area contributed by atoms with Gasteiger partial charge in [0, 0.05) is 5.69 Å². The van der Waals surface area contributed by atoms with Gasteiger partial charge in [-0.15, -0.1) is 0 Å². The highest BCUT2D eigenvalue weighted by Gasteiger charge is 2.22. The predicted molar refractivity (Wildman–Crippen MR) is 125 cm³/mol. The molecule has 8 heteroatoms. The number of nitrogens with zero attached hydrogens (tertiary/aromatic N) is 2. The number of fused-ring (bicyclic) bond motifs is 1. The molecule has 3 rings (SSSR count). The van der Waals surface area contributed by atoms with E-state index in [1.165, 1.54) is 0 Å². The van der Waals surface area contributed by atoms with Gasteiger partial charge in [0.25, 0.3) is 5.56 Å². The Morgan fingerprint density at radius 3 is 2.47 bits per heavy atom. The molecule has 2 amide bonds. The first-order valence-corrected chi connectivity index (χ1v) is 10.7. The van der Waals surface area contributed by atoms with Crippen molar-refractivity contribution in [2.24, 2.45) is 0 Å². The molecule has 0 spiro atoms. The summed E-state index contributed by atoms with van der Waals surface area (Å²) in [6, 6.07) is 12.4. The van der Waals surface area contributed by atoms with Gasteiger partial charge in [0.15, 0.2) is 0 Å². The zero-order valence-electron chi connectivity index (χ0n) is 18.9. The van der Waals surface area contributed by atoms with Gasteiger partial charge in [-0.3, -0.25) is 19.3 Å². The normalized spacial score (nSPS) is 12.0. The number of H-pyrrole nitrogens is 1. The molecule has 0 saturated carbocycles. The standard InChI is InChI=1S/C24H29N5O3/c1-5-29(14-20-26-19-12-7-6-11-18(19)24(32)27-20)17(4)23(31)25-13-21(30)28-22-15(2)9-8-10-16(22)3/h6-12,17H,5,13-14H2,1-4H3,(H,25,31)(H,28,30)(H,26,27,32). The van der Waals surface area contributed by atoms with Crippen LogP contribution < -0.4 is 16.2 Å². The van der Waals surface area contributed by atoms with E-state index in [0.717, 1.165) is 16.8 Å². The summed E-state index contributed by atoms with van der Waals surface area (Å²) in [5, 5.41) is 6.09. The van der Waals surface area contributed by atoms with E-state index in [1.807, 2.05) is 49.9 Å². The number of hydrogen-bond acceptors (Lipinski definition) is 5. The fraction of sp³-hybridized carbons (Fsp3) is 0.333. The fourth-order valence-electron chi connectivity index (χ4n) is 3.60. The van der Waals surface area contributed by atoms with Crippen molar-refractivity contribution in [3.8, 4) is 0 Å². The number of benzene rings is 2. The summed E-state index contributed by atoms with van der Waals surface area (Å²) in [5.74, 6) is -0.0684. The Labute approximate surface area is 187 Å². The molecule has 0 aliphatic heterocycles. The van der Waals surface area contributed by atoms with Crippen LogP contribution in [0, 0.1) is 13.8 Å². The molecule has 3 aromatic rings. The van der Waals surface area contributed by atoms with Crippen molar-refractivity contribution >= 4 is 28.4 Å². The number of hydrogen-bond donors (Lipinski definition) is 3. The van der Waals surface area contributed by atoms with Gasteiger partial charge in [-0.25, -0.2) is 4.98 Å². The quantitative estimate of drug-likeness (QED) is 0.504. The first-order chi connectivity index (χ1) is 15.3. The summed E-state index contributed by atoms with van der Waals surface area (Å²) in [7, 11) is 0. The average molecular weight is 436 g/mol. The van der Waals surface area contributed by atoms with Gasteiger partial charge in [-0.05, 0) is 50.6 Å². The van der Waals surface area contributed by atoms with Crippen molar-refractivity contribution in [1.29, 1.82) is 0 Å². The largest absolute Gasteiger partial charge is 0.346 e. The maximum atomic E-state index is 12.7. The Morgan fingerprint density at radius 2 is 1.78 bits per heavy atom. The fourth-order valence-corrected chi connectivity index (χ4v) is 3.60. The van der Waals surface area contributed by atoms with Crippen LogP contribution in [0.1, 0.15) is 30.8 Å². The van der Waals surface area contributed by atoms with Crippen LogP contribution in [0.2, 0.25) is 0 Å². The molecule has 0 aliphatic carbocycles. The Kier molecular flexibility index (Phi) is 7.37. The maximum absolute atomic E-state index is 12.7. The number of carbonyl (C=O) groups excluding carboxylic acids is 2. The minimum Gasteiger partial charge on any atom is -0.346 e. The van der Waals surface area contributed by atoms with Crippen LogP contribution in [-0.4, -0.2) is 45.8 Å². The van der Waals surface area contributed by atoms with E-state index in [1.54, 1.807) is 25.1 Å². The first-order valence-electron chi connectivity index (χ1n) is 10.7. The number of likely N-dealkylation sites (N-methyl/N-ethyl adjacent to an activating group) is 1. The van der Waals surface area contributed by atoms with E-state index in [4.69, 9.17) is 0 Å². The summed E-state index contributed by atoms with van der Waals surface area (Å²) >= 11 is 0. The smallest absolute Gasteiger partial charge is 0.258 e. The SMILES string of the molecule is CCN(Cc1nc2ccccc2c(=O)[nH]1)C(C)C(=O)NCC(=O)Nc1c(C)cccc1C. The lowest BCUT2D eigenvalue weighted by atomic mass is 10.1. The van der Waals surface area contributed by atoms with Crippen LogP contribution in [0.15, 0.2) is 47.3 Å². The van der Waals surface area contributed by atoms with Crippen molar-refractivity contribution in [1.82, 2.24) is 20.2 Å². The molecule has 0 saturated heterocycles. The summed E-state index contributed by atoms with van der Waals surface area (Å²) in [4.78, 5) is 46.5. The average Bonchev–Trinajstić information content (AvgIpc) is 2.78. The number of aromatic amines is 1. The van der Waals surface area contributed by atoms with Crippen LogP contribution in [0.4, 0.5) is 5.69 Å². The van der Waals surface area contributed by atoms with Crippen LogP contribution in [0.3, 0.4) is 0 Å². The number of aryl methyl sites for hydroxylation is 2. The second kappa shape index (κ2) is 10.2. The van der Waals surface area contributed by atoms with E-state index in [9.17, 15) is 14.4 Å². The number of nitrogens with one attached hydrogen (secondary N) is 3. The molecule has 0 fully saturated rings. The summed E-state index contributed by atoms with van der Waals surface area (Å²) in [5.41, 5.74) is 3.10. The van der Waals surface area contributed by atoms with E-state index in [-0.39, 0.29) is 23.9 Å². The molecule has 8 nitrogen and oxygen atoms in total. The maximum Gasteiger partial charge on any atom is 0.258 e. The molecule has 0 aliphatic rings. The number of amides is 2. The third kappa shape index (κ3) is 5.39. The molecular formula is C24H29N5O3. The Hall–Kier alpha value is -3.52. The molecule has 1 atom stereocenters. The van der Waals surface area contributed by atoms with Crippen LogP contribution in [-0.2, 0) is 16.1 Å².